The number of ether oxygens (including phenoxy) is 2. The Morgan fingerprint density at radius 3 is 2.14 bits per heavy atom. The summed E-state index contributed by atoms with van der Waals surface area (Å²) in [7, 11) is 1.79. The van der Waals surface area contributed by atoms with E-state index in [1.54, 1.807) is 37.8 Å². The zero-order valence-corrected chi connectivity index (χ0v) is 13.2. The van der Waals surface area contributed by atoms with Gasteiger partial charge in [-0.3, -0.25) is 14.3 Å². The van der Waals surface area contributed by atoms with Gasteiger partial charge in [-0.05, 0) is 26.3 Å². The molecule has 1 aromatic heterocycles. The van der Waals surface area contributed by atoms with Crippen molar-refractivity contribution in [1.29, 1.82) is 0 Å². The van der Waals surface area contributed by atoms with E-state index in [0.29, 0.717) is 18.5 Å². The zero-order chi connectivity index (χ0) is 15.9. The maximum atomic E-state index is 12.4. The summed E-state index contributed by atoms with van der Waals surface area (Å²) >= 11 is 0. The fraction of sp³-hybridized carbons (Fsp3) is 0.667. The van der Waals surface area contributed by atoms with Gasteiger partial charge in [-0.1, -0.05) is 13.3 Å². The molecule has 1 rings (SSSR count). The first-order valence-corrected chi connectivity index (χ1v) is 7.33. The van der Waals surface area contributed by atoms with Gasteiger partial charge in [0.05, 0.1) is 18.9 Å². The summed E-state index contributed by atoms with van der Waals surface area (Å²) in [5.41, 5.74) is -0.637. The van der Waals surface area contributed by atoms with Crippen molar-refractivity contribution < 1.29 is 19.1 Å². The summed E-state index contributed by atoms with van der Waals surface area (Å²) < 4.78 is 11.9. The van der Waals surface area contributed by atoms with Gasteiger partial charge in [0, 0.05) is 19.7 Å². The van der Waals surface area contributed by atoms with Crippen molar-refractivity contribution in [1.82, 2.24) is 9.78 Å². The normalized spacial score (nSPS) is 11.2. The molecule has 0 spiro atoms. The van der Waals surface area contributed by atoms with Gasteiger partial charge in [-0.2, -0.15) is 5.10 Å². The van der Waals surface area contributed by atoms with Crippen LogP contribution in [0.4, 0.5) is 0 Å². The van der Waals surface area contributed by atoms with E-state index in [1.807, 2.05) is 6.92 Å². The SMILES string of the molecule is CCCC(Cc1ccn(C)n1)(C(=O)OCC)C(=O)OCC. The molecule has 0 aromatic carbocycles. The Balaban J connectivity index is 3.15. The fourth-order valence-corrected chi connectivity index (χ4v) is 2.35. The van der Waals surface area contributed by atoms with E-state index in [2.05, 4.69) is 5.10 Å². The van der Waals surface area contributed by atoms with Crippen LogP contribution in [-0.2, 0) is 32.5 Å². The second-order valence-corrected chi connectivity index (χ2v) is 4.93. The molecular formula is C15H24N2O4. The van der Waals surface area contributed by atoms with E-state index in [0.717, 1.165) is 0 Å². The maximum absolute atomic E-state index is 12.4. The second kappa shape index (κ2) is 7.81. The van der Waals surface area contributed by atoms with Crippen molar-refractivity contribution in [3.8, 4) is 0 Å². The molecular weight excluding hydrogens is 272 g/mol. The summed E-state index contributed by atoms with van der Waals surface area (Å²) in [5.74, 6) is -1.06. The van der Waals surface area contributed by atoms with Crippen molar-refractivity contribution in [3.05, 3.63) is 18.0 Å². The highest BCUT2D eigenvalue weighted by Crippen LogP contribution is 2.32. The third-order valence-corrected chi connectivity index (χ3v) is 3.26. The minimum absolute atomic E-state index is 0.194. The molecule has 6 heteroatoms. The molecule has 118 valence electrons. The number of rotatable bonds is 8. The predicted octanol–water partition coefficient (Wildman–Crippen LogP) is 1.88. The number of carbonyl (C=O) groups is 2. The molecule has 21 heavy (non-hydrogen) atoms. The molecule has 0 fully saturated rings. The molecule has 1 aromatic rings. The standard InChI is InChI=1S/C15H24N2O4/c1-5-9-15(13(18)20-6-2,14(19)21-7-3)11-12-8-10-17(4)16-12/h8,10H,5-7,9,11H2,1-4H3. The lowest BCUT2D eigenvalue weighted by Gasteiger charge is -2.28. The lowest BCUT2D eigenvalue weighted by molar-refractivity contribution is -0.172. The molecule has 0 unspecified atom stereocenters. The highest BCUT2D eigenvalue weighted by Gasteiger charge is 2.48. The highest BCUT2D eigenvalue weighted by molar-refractivity contribution is 6.00. The smallest absolute Gasteiger partial charge is 0.323 e. The third-order valence-electron chi connectivity index (χ3n) is 3.26. The minimum atomic E-state index is -1.31. The van der Waals surface area contributed by atoms with Crippen LogP contribution in [0.1, 0.15) is 39.3 Å². The Bertz CT molecular complexity index is 464. The van der Waals surface area contributed by atoms with Crippen LogP contribution in [0.15, 0.2) is 12.3 Å². The van der Waals surface area contributed by atoms with E-state index < -0.39 is 17.4 Å². The summed E-state index contributed by atoms with van der Waals surface area (Å²) in [5, 5.41) is 4.26. The van der Waals surface area contributed by atoms with E-state index in [4.69, 9.17) is 9.47 Å². The van der Waals surface area contributed by atoms with Gasteiger partial charge in [0.1, 0.15) is 0 Å². The van der Waals surface area contributed by atoms with Crippen molar-refractivity contribution in [3.63, 3.8) is 0 Å². The second-order valence-electron chi connectivity index (χ2n) is 4.93. The van der Waals surface area contributed by atoms with E-state index in [1.165, 1.54) is 0 Å². The van der Waals surface area contributed by atoms with Gasteiger partial charge < -0.3 is 9.47 Å². The Kier molecular flexibility index (Phi) is 6.39. The van der Waals surface area contributed by atoms with Crippen LogP contribution in [0, 0.1) is 5.41 Å². The first-order chi connectivity index (χ1) is 10.00. The minimum Gasteiger partial charge on any atom is -0.465 e. The lowest BCUT2D eigenvalue weighted by Crippen LogP contribution is -2.44. The number of aryl methyl sites for hydroxylation is 1. The third kappa shape index (κ3) is 4.06. The topological polar surface area (TPSA) is 70.4 Å². The van der Waals surface area contributed by atoms with E-state index >= 15 is 0 Å². The van der Waals surface area contributed by atoms with E-state index in [9.17, 15) is 9.59 Å². The van der Waals surface area contributed by atoms with Crippen LogP contribution >= 0.6 is 0 Å². The molecule has 0 bridgehead atoms. The van der Waals surface area contributed by atoms with Crippen molar-refractivity contribution >= 4 is 11.9 Å². The van der Waals surface area contributed by atoms with Crippen molar-refractivity contribution in [2.75, 3.05) is 13.2 Å². The molecule has 0 atom stereocenters. The first-order valence-electron chi connectivity index (χ1n) is 7.33. The fourth-order valence-electron chi connectivity index (χ4n) is 2.35. The van der Waals surface area contributed by atoms with Crippen LogP contribution in [0.2, 0.25) is 0 Å². The van der Waals surface area contributed by atoms with Crippen molar-refractivity contribution in [2.24, 2.45) is 12.5 Å². The number of aromatic nitrogens is 2. The van der Waals surface area contributed by atoms with Gasteiger partial charge in [-0.15, -0.1) is 0 Å². The van der Waals surface area contributed by atoms with Gasteiger partial charge in [0.25, 0.3) is 0 Å². The van der Waals surface area contributed by atoms with Gasteiger partial charge in [-0.25, -0.2) is 0 Å². The molecule has 0 amide bonds. The average Bonchev–Trinajstić information content (AvgIpc) is 2.84. The van der Waals surface area contributed by atoms with Crippen LogP contribution in [0.5, 0.6) is 0 Å². The largest absolute Gasteiger partial charge is 0.465 e. The van der Waals surface area contributed by atoms with E-state index in [-0.39, 0.29) is 19.6 Å². The van der Waals surface area contributed by atoms with Gasteiger partial charge in [0.2, 0.25) is 0 Å². The Hall–Kier alpha value is -1.85. The Morgan fingerprint density at radius 2 is 1.76 bits per heavy atom. The number of esters is 2. The molecule has 0 N–H and O–H groups in total. The molecule has 0 aliphatic carbocycles. The van der Waals surface area contributed by atoms with Gasteiger partial charge in [0.15, 0.2) is 5.41 Å². The molecule has 6 nitrogen and oxygen atoms in total. The summed E-state index contributed by atoms with van der Waals surface area (Å²) in [6, 6.07) is 1.79. The molecule has 0 aliphatic rings. The molecule has 0 saturated carbocycles. The number of hydrogen-bond donors (Lipinski definition) is 0. The van der Waals surface area contributed by atoms with Crippen LogP contribution in [0.25, 0.3) is 0 Å². The van der Waals surface area contributed by atoms with Gasteiger partial charge >= 0.3 is 11.9 Å². The molecule has 0 radical (unpaired) electrons. The lowest BCUT2D eigenvalue weighted by atomic mass is 9.79. The average molecular weight is 296 g/mol. The quantitative estimate of drug-likeness (QED) is 0.541. The molecule has 0 aliphatic heterocycles. The number of carbonyl (C=O) groups excluding carboxylic acids is 2. The monoisotopic (exact) mass is 296 g/mol. The van der Waals surface area contributed by atoms with Crippen molar-refractivity contribution in [2.45, 2.75) is 40.0 Å². The number of nitrogens with zero attached hydrogens (tertiary/aromatic N) is 2. The summed E-state index contributed by atoms with van der Waals surface area (Å²) in [6.45, 7) is 5.82. The molecule has 0 saturated heterocycles. The predicted molar refractivity (Wildman–Crippen MR) is 77.5 cm³/mol. The van der Waals surface area contributed by atoms with Crippen LogP contribution in [-0.4, -0.2) is 34.9 Å². The maximum Gasteiger partial charge on any atom is 0.323 e. The molecule has 1 heterocycles. The highest BCUT2D eigenvalue weighted by atomic mass is 16.6. The Morgan fingerprint density at radius 1 is 1.19 bits per heavy atom. The summed E-state index contributed by atoms with van der Waals surface area (Å²) in [4.78, 5) is 24.8. The Labute approximate surface area is 125 Å². The first kappa shape index (κ1) is 17.2. The zero-order valence-electron chi connectivity index (χ0n) is 13.2. The van der Waals surface area contributed by atoms with Crippen LogP contribution in [0.3, 0.4) is 0 Å². The van der Waals surface area contributed by atoms with Crippen LogP contribution < -0.4 is 0 Å². The summed E-state index contributed by atoms with van der Waals surface area (Å²) in [6.07, 6.45) is 3.02. The number of hydrogen-bond acceptors (Lipinski definition) is 5.